The van der Waals surface area contributed by atoms with Crippen LogP contribution >= 0.6 is 24.4 Å². The molecular formula is C32H40N4O4S2. The molecule has 2 atom stereocenters. The van der Waals surface area contributed by atoms with Crippen LogP contribution in [0, 0.1) is 27.7 Å². The summed E-state index contributed by atoms with van der Waals surface area (Å²) in [4.78, 5) is 24.6. The van der Waals surface area contributed by atoms with E-state index < -0.39 is 0 Å². The van der Waals surface area contributed by atoms with Gasteiger partial charge < -0.3 is 30.7 Å². The molecule has 8 nitrogen and oxygen atoms in total. The minimum atomic E-state index is -0.316. The van der Waals surface area contributed by atoms with Gasteiger partial charge in [0, 0.05) is 11.4 Å². The van der Waals surface area contributed by atoms with E-state index >= 15 is 0 Å². The zero-order valence-electron chi connectivity index (χ0n) is 25.5. The Hall–Kier alpha value is -3.76. The summed E-state index contributed by atoms with van der Waals surface area (Å²) in [6.45, 7) is 16.1. The van der Waals surface area contributed by atoms with Gasteiger partial charge in [-0.15, -0.1) is 0 Å². The summed E-state index contributed by atoms with van der Waals surface area (Å²) >= 11 is 10.5. The molecule has 2 aliphatic heterocycles. The van der Waals surface area contributed by atoms with E-state index in [1.54, 1.807) is 13.8 Å². The van der Waals surface area contributed by atoms with Crippen molar-refractivity contribution >= 4 is 46.6 Å². The number of benzene rings is 2. The van der Waals surface area contributed by atoms with Crippen molar-refractivity contribution in [3.8, 4) is 0 Å². The first kappa shape index (κ1) is 32.8. The number of rotatable bonds is 6. The van der Waals surface area contributed by atoms with Crippen molar-refractivity contribution in [1.29, 1.82) is 0 Å². The average molecular weight is 609 g/mol. The van der Waals surface area contributed by atoms with Gasteiger partial charge in [-0.3, -0.25) is 0 Å². The van der Waals surface area contributed by atoms with Crippen LogP contribution < -0.4 is 21.3 Å². The molecule has 42 heavy (non-hydrogen) atoms. The third kappa shape index (κ3) is 7.74. The minimum Gasteiger partial charge on any atom is -0.463 e. The maximum Gasteiger partial charge on any atom is 0.338 e. The number of esters is 2. The largest absolute Gasteiger partial charge is 0.463 e. The second-order valence-electron chi connectivity index (χ2n) is 10.3. The molecule has 0 aromatic heterocycles. The third-order valence-electron chi connectivity index (χ3n) is 7.02. The van der Waals surface area contributed by atoms with Gasteiger partial charge in [-0.1, -0.05) is 47.5 Å². The predicted octanol–water partition coefficient (Wildman–Crippen LogP) is 5.32. The molecule has 4 N–H and O–H groups in total. The fourth-order valence-electron chi connectivity index (χ4n) is 4.95. The van der Waals surface area contributed by atoms with Gasteiger partial charge in [-0.05, 0) is 102 Å². The van der Waals surface area contributed by atoms with Crippen molar-refractivity contribution in [3.63, 3.8) is 0 Å². The quantitative estimate of drug-likeness (QED) is 0.255. The van der Waals surface area contributed by atoms with Gasteiger partial charge in [0.25, 0.3) is 0 Å². The van der Waals surface area contributed by atoms with Crippen molar-refractivity contribution in [2.24, 2.45) is 0 Å². The fraction of sp³-hybridized carbons (Fsp3) is 0.375. The zero-order chi connectivity index (χ0) is 31.1. The molecule has 10 heteroatoms. The van der Waals surface area contributed by atoms with Crippen LogP contribution in [0.3, 0.4) is 0 Å². The SMILES string of the molecule is CCOC(=O)C1=C(C)NC(=S)N[C@H]1c1cc(C)ccc1C.CCOC(=O)C1=C(C)NC(=S)N[C@H]1c1cc(C)ccc1C. The lowest BCUT2D eigenvalue weighted by Crippen LogP contribution is -2.45. The molecule has 0 bridgehead atoms. The molecule has 2 heterocycles. The number of nitrogens with one attached hydrogen (secondary N) is 4. The van der Waals surface area contributed by atoms with E-state index in [1.807, 2.05) is 41.5 Å². The van der Waals surface area contributed by atoms with E-state index in [4.69, 9.17) is 33.9 Å². The zero-order valence-corrected chi connectivity index (χ0v) is 27.1. The normalized spacial score (nSPS) is 18.1. The van der Waals surface area contributed by atoms with Gasteiger partial charge in [0.1, 0.15) is 0 Å². The van der Waals surface area contributed by atoms with Crippen LogP contribution in [0.2, 0.25) is 0 Å². The summed E-state index contributed by atoms with van der Waals surface area (Å²) in [6, 6.07) is 11.8. The van der Waals surface area contributed by atoms with Gasteiger partial charge in [0.05, 0.1) is 36.4 Å². The van der Waals surface area contributed by atoms with Crippen LogP contribution in [-0.2, 0) is 19.1 Å². The predicted molar refractivity (Wildman–Crippen MR) is 174 cm³/mol. The summed E-state index contributed by atoms with van der Waals surface area (Å²) in [5, 5.41) is 13.4. The molecule has 0 spiro atoms. The van der Waals surface area contributed by atoms with Crippen LogP contribution in [0.15, 0.2) is 58.9 Å². The number of carbonyl (C=O) groups excluding carboxylic acids is 2. The number of hydrogen-bond donors (Lipinski definition) is 4. The molecule has 2 aromatic rings. The van der Waals surface area contributed by atoms with Crippen LogP contribution in [-0.4, -0.2) is 35.4 Å². The summed E-state index contributed by atoms with van der Waals surface area (Å²) in [7, 11) is 0. The molecule has 0 saturated heterocycles. The van der Waals surface area contributed by atoms with Crippen LogP contribution in [0.25, 0.3) is 0 Å². The monoisotopic (exact) mass is 608 g/mol. The topological polar surface area (TPSA) is 101 Å². The Labute approximate surface area is 259 Å². The molecule has 0 saturated carbocycles. The van der Waals surface area contributed by atoms with Crippen molar-refractivity contribution in [1.82, 2.24) is 21.3 Å². The van der Waals surface area contributed by atoms with E-state index in [0.29, 0.717) is 34.6 Å². The number of aryl methyl sites for hydroxylation is 4. The van der Waals surface area contributed by atoms with Crippen molar-refractivity contribution < 1.29 is 19.1 Å². The highest BCUT2D eigenvalue weighted by molar-refractivity contribution is 7.80. The van der Waals surface area contributed by atoms with Gasteiger partial charge >= 0.3 is 11.9 Å². The summed E-state index contributed by atoms with van der Waals surface area (Å²) in [5.74, 6) is -0.633. The average Bonchev–Trinajstić information content (AvgIpc) is 2.91. The van der Waals surface area contributed by atoms with Crippen LogP contribution in [0.5, 0.6) is 0 Å². The number of hydrogen-bond acceptors (Lipinski definition) is 6. The lowest BCUT2D eigenvalue weighted by atomic mass is 9.91. The van der Waals surface area contributed by atoms with E-state index in [2.05, 4.69) is 57.7 Å². The Morgan fingerprint density at radius 2 is 1.02 bits per heavy atom. The van der Waals surface area contributed by atoms with E-state index in [-0.39, 0.29) is 24.0 Å². The highest BCUT2D eigenvalue weighted by Crippen LogP contribution is 2.31. The Balaban J connectivity index is 0.000000230. The van der Waals surface area contributed by atoms with Crippen molar-refractivity contribution in [3.05, 3.63) is 92.3 Å². The minimum absolute atomic E-state index is 0.280. The summed E-state index contributed by atoms with van der Waals surface area (Å²) in [6.07, 6.45) is 0. The van der Waals surface area contributed by atoms with Gasteiger partial charge in [-0.2, -0.15) is 0 Å². The Morgan fingerprint density at radius 3 is 1.36 bits per heavy atom. The lowest BCUT2D eigenvalue weighted by molar-refractivity contribution is -0.140. The molecule has 0 fully saturated rings. The molecule has 0 unspecified atom stereocenters. The summed E-state index contributed by atoms with van der Waals surface area (Å²) < 4.78 is 10.4. The smallest absolute Gasteiger partial charge is 0.338 e. The Morgan fingerprint density at radius 1 is 0.667 bits per heavy atom. The second-order valence-corrected chi connectivity index (χ2v) is 11.1. The molecule has 0 aliphatic carbocycles. The van der Waals surface area contributed by atoms with Crippen molar-refractivity contribution in [2.45, 2.75) is 67.5 Å². The maximum atomic E-state index is 12.3. The molecule has 2 aromatic carbocycles. The Kier molecular flexibility index (Phi) is 11.2. The molecule has 0 amide bonds. The van der Waals surface area contributed by atoms with Crippen LogP contribution in [0.4, 0.5) is 0 Å². The first-order valence-corrected chi connectivity index (χ1v) is 14.7. The molecule has 4 rings (SSSR count). The van der Waals surface area contributed by atoms with Crippen molar-refractivity contribution in [2.75, 3.05) is 13.2 Å². The molecule has 2 aliphatic rings. The lowest BCUT2D eigenvalue weighted by Gasteiger charge is -2.30. The Bertz CT molecular complexity index is 1350. The number of thiocarbonyl (C=S) groups is 2. The van der Waals surface area contributed by atoms with Gasteiger partial charge in [0.2, 0.25) is 0 Å². The molecule has 224 valence electrons. The highest BCUT2D eigenvalue weighted by atomic mass is 32.1. The van der Waals surface area contributed by atoms with E-state index in [9.17, 15) is 9.59 Å². The number of allylic oxidation sites excluding steroid dienone is 2. The van der Waals surface area contributed by atoms with E-state index in [1.165, 1.54) is 0 Å². The van der Waals surface area contributed by atoms with Gasteiger partial charge in [0.15, 0.2) is 10.2 Å². The molecule has 0 radical (unpaired) electrons. The molecular weight excluding hydrogens is 569 g/mol. The first-order chi connectivity index (χ1) is 19.9. The highest BCUT2D eigenvalue weighted by Gasteiger charge is 2.33. The number of ether oxygens (including phenoxy) is 2. The fourth-order valence-corrected chi connectivity index (χ4v) is 5.50. The number of carbonyl (C=O) groups is 2. The van der Waals surface area contributed by atoms with Crippen LogP contribution in [0.1, 0.15) is 73.2 Å². The van der Waals surface area contributed by atoms with Gasteiger partial charge in [-0.25, -0.2) is 9.59 Å². The summed E-state index contributed by atoms with van der Waals surface area (Å²) in [5.41, 5.74) is 9.23. The second kappa shape index (κ2) is 14.4. The van der Waals surface area contributed by atoms with E-state index in [0.717, 1.165) is 44.8 Å². The third-order valence-corrected chi connectivity index (χ3v) is 7.46. The standard InChI is InChI=1S/2C16H20N2O2S/c2*1-5-20-15(19)13-11(4)17-16(21)18-14(13)12-8-9(2)6-7-10(12)3/h2*6-8,14H,5H2,1-4H3,(H2,17,18,21)/t2*14-/m00/s1. The first-order valence-electron chi connectivity index (χ1n) is 13.9. The maximum absolute atomic E-state index is 12.3.